The molecule has 0 radical (unpaired) electrons. The molecule has 6 aromatic rings. The van der Waals surface area contributed by atoms with E-state index in [4.69, 9.17) is 0 Å². The number of thioether (sulfide) groups is 1. The first kappa shape index (κ1) is 26.2. The topological polar surface area (TPSA) is 72.7 Å². The fraction of sp³-hybridized carbons (Fsp3) is 0.0968. The lowest BCUT2D eigenvalue weighted by Gasteiger charge is -2.19. The number of carbonyl (C=O) groups is 1. The van der Waals surface area contributed by atoms with Crippen molar-refractivity contribution in [2.24, 2.45) is 0 Å². The van der Waals surface area contributed by atoms with Crippen LogP contribution in [0.5, 0.6) is 0 Å². The molecule has 3 aromatic heterocycles. The maximum Gasteiger partial charge on any atom is 0.271 e. The van der Waals surface area contributed by atoms with Gasteiger partial charge in [-0.3, -0.25) is 9.36 Å². The molecule has 0 aliphatic carbocycles. The van der Waals surface area contributed by atoms with Crippen LogP contribution in [0.4, 0.5) is 0 Å². The van der Waals surface area contributed by atoms with Crippen LogP contribution in [0.3, 0.4) is 0 Å². The molecular formula is C31H25N5OS3. The van der Waals surface area contributed by atoms with Crippen molar-refractivity contribution in [1.82, 2.24) is 25.1 Å². The zero-order valence-electron chi connectivity index (χ0n) is 21.6. The SMILES string of the molecule is Cc1cccc(-n2c(SCc3nc(C(=O)NC(c4ccccc4)c4ccccc4)cs3)nnc2-c2cccs2)c1. The van der Waals surface area contributed by atoms with E-state index in [2.05, 4.69) is 56.3 Å². The van der Waals surface area contributed by atoms with Crippen molar-refractivity contribution in [1.29, 1.82) is 0 Å². The molecule has 0 bridgehead atoms. The lowest BCUT2D eigenvalue weighted by Crippen LogP contribution is -2.29. The maximum absolute atomic E-state index is 13.3. The smallest absolute Gasteiger partial charge is 0.271 e. The second-order valence-corrected chi connectivity index (χ2v) is 11.9. The molecule has 0 fully saturated rings. The molecule has 0 saturated heterocycles. The van der Waals surface area contributed by atoms with Gasteiger partial charge in [0.1, 0.15) is 10.7 Å². The number of aryl methyl sites for hydroxylation is 1. The molecule has 40 heavy (non-hydrogen) atoms. The van der Waals surface area contributed by atoms with Gasteiger partial charge in [-0.1, -0.05) is 90.6 Å². The van der Waals surface area contributed by atoms with E-state index in [-0.39, 0.29) is 11.9 Å². The largest absolute Gasteiger partial charge is 0.340 e. The Morgan fingerprint density at radius 2 is 1.65 bits per heavy atom. The zero-order valence-corrected chi connectivity index (χ0v) is 24.0. The summed E-state index contributed by atoms with van der Waals surface area (Å²) in [6.07, 6.45) is 0. The second kappa shape index (κ2) is 12.0. The number of benzene rings is 3. The molecule has 3 aromatic carbocycles. The fourth-order valence-corrected chi connectivity index (χ4v) is 6.83. The summed E-state index contributed by atoms with van der Waals surface area (Å²) >= 11 is 4.68. The van der Waals surface area contributed by atoms with Gasteiger partial charge in [-0.15, -0.1) is 32.9 Å². The summed E-state index contributed by atoms with van der Waals surface area (Å²) in [5.41, 5.74) is 4.63. The summed E-state index contributed by atoms with van der Waals surface area (Å²) in [5, 5.41) is 17.7. The third-order valence-corrected chi connectivity index (χ3v) is 9.12. The third kappa shape index (κ3) is 5.77. The lowest BCUT2D eigenvalue weighted by atomic mass is 9.98. The van der Waals surface area contributed by atoms with E-state index in [0.29, 0.717) is 11.4 Å². The van der Waals surface area contributed by atoms with Gasteiger partial charge in [0.25, 0.3) is 5.91 Å². The van der Waals surface area contributed by atoms with Crippen LogP contribution in [0.1, 0.15) is 38.2 Å². The maximum atomic E-state index is 13.3. The number of rotatable bonds is 9. The van der Waals surface area contributed by atoms with E-state index >= 15 is 0 Å². The second-order valence-electron chi connectivity index (χ2n) is 9.10. The Morgan fingerprint density at radius 3 is 2.33 bits per heavy atom. The van der Waals surface area contributed by atoms with Gasteiger partial charge in [-0.05, 0) is 47.2 Å². The van der Waals surface area contributed by atoms with E-state index in [1.165, 1.54) is 16.9 Å². The molecule has 1 N–H and O–H groups in total. The predicted molar refractivity (Wildman–Crippen MR) is 163 cm³/mol. The first-order valence-electron chi connectivity index (χ1n) is 12.7. The van der Waals surface area contributed by atoms with Crippen molar-refractivity contribution < 1.29 is 4.79 Å². The molecule has 6 nitrogen and oxygen atoms in total. The number of nitrogens with zero attached hydrogens (tertiary/aromatic N) is 4. The average molecular weight is 580 g/mol. The first-order chi connectivity index (χ1) is 19.7. The highest BCUT2D eigenvalue weighted by Gasteiger charge is 2.21. The predicted octanol–water partition coefficient (Wildman–Crippen LogP) is 7.57. The van der Waals surface area contributed by atoms with E-state index < -0.39 is 0 Å². The number of hydrogen-bond acceptors (Lipinski definition) is 7. The number of nitrogens with one attached hydrogen (secondary N) is 1. The summed E-state index contributed by atoms with van der Waals surface area (Å²) in [6, 6.07) is 32.1. The molecule has 198 valence electrons. The van der Waals surface area contributed by atoms with Crippen LogP contribution in [0.15, 0.2) is 113 Å². The number of thiazole rings is 1. The van der Waals surface area contributed by atoms with Crippen molar-refractivity contribution >= 4 is 40.3 Å². The minimum Gasteiger partial charge on any atom is -0.340 e. The van der Waals surface area contributed by atoms with Gasteiger partial charge < -0.3 is 5.32 Å². The average Bonchev–Trinajstić information content (AvgIpc) is 3.77. The molecule has 0 aliphatic heterocycles. The van der Waals surface area contributed by atoms with E-state index in [0.717, 1.165) is 37.7 Å². The molecule has 3 heterocycles. The molecular weight excluding hydrogens is 555 g/mol. The Hall–Kier alpha value is -4.05. The van der Waals surface area contributed by atoms with Crippen molar-refractivity contribution in [2.45, 2.75) is 23.9 Å². The van der Waals surface area contributed by atoms with Gasteiger partial charge in [0, 0.05) is 5.38 Å². The molecule has 9 heteroatoms. The number of thiophene rings is 1. The van der Waals surface area contributed by atoms with Crippen LogP contribution in [-0.4, -0.2) is 25.7 Å². The quantitative estimate of drug-likeness (QED) is 0.179. The minimum absolute atomic E-state index is 0.201. The standard InChI is InChI=1S/C31H25N5OS3/c1-21-10-8-15-24(18-21)36-29(26-16-9-17-38-26)34-35-31(36)40-20-27-32-25(19-39-27)30(37)33-28(22-11-4-2-5-12-22)23-13-6-3-7-14-23/h2-19,28H,20H2,1H3,(H,33,37). The summed E-state index contributed by atoms with van der Waals surface area (Å²) in [4.78, 5) is 19.0. The summed E-state index contributed by atoms with van der Waals surface area (Å²) in [7, 11) is 0. The lowest BCUT2D eigenvalue weighted by molar-refractivity contribution is 0.0938. The zero-order chi connectivity index (χ0) is 27.3. The summed E-state index contributed by atoms with van der Waals surface area (Å²) in [6.45, 7) is 2.08. The van der Waals surface area contributed by atoms with Gasteiger partial charge in [-0.2, -0.15) is 0 Å². The van der Waals surface area contributed by atoms with Crippen LogP contribution in [-0.2, 0) is 5.75 Å². The summed E-state index contributed by atoms with van der Waals surface area (Å²) < 4.78 is 2.09. The third-order valence-electron chi connectivity index (χ3n) is 6.29. The monoisotopic (exact) mass is 579 g/mol. The summed E-state index contributed by atoms with van der Waals surface area (Å²) in [5.74, 6) is 1.19. The minimum atomic E-state index is -0.266. The van der Waals surface area contributed by atoms with Crippen LogP contribution in [0, 0.1) is 6.92 Å². The normalized spacial score (nSPS) is 11.2. The van der Waals surface area contributed by atoms with Gasteiger partial charge in [-0.25, -0.2) is 4.98 Å². The van der Waals surface area contributed by atoms with Gasteiger partial charge in [0.2, 0.25) is 0 Å². The van der Waals surface area contributed by atoms with E-state index in [1.807, 2.05) is 83.6 Å². The molecule has 1 amide bonds. The van der Waals surface area contributed by atoms with Gasteiger partial charge >= 0.3 is 0 Å². The van der Waals surface area contributed by atoms with Crippen molar-refractivity contribution in [3.63, 3.8) is 0 Å². The molecule has 0 aliphatic rings. The molecule has 0 saturated carbocycles. The number of carbonyl (C=O) groups excluding carboxylic acids is 1. The Morgan fingerprint density at radius 1 is 0.900 bits per heavy atom. The molecule has 0 unspecified atom stereocenters. The number of aromatic nitrogens is 4. The highest BCUT2D eigenvalue weighted by Crippen LogP contribution is 2.32. The Balaban J connectivity index is 1.21. The van der Waals surface area contributed by atoms with Gasteiger partial charge in [0.15, 0.2) is 11.0 Å². The number of amides is 1. The Bertz CT molecular complexity index is 1670. The molecule has 0 spiro atoms. The fourth-order valence-electron chi connectivity index (χ4n) is 4.39. The first-order valence-corrected chi connectivity index (χ1v) is 15.4. The Kier molecular flexibility index (Phi) is 7.85. The molecule has 6 rings (SSSR count). The van der Waals surface area contributed by atoms with E-state index in [1.54, 1.807) is 23.1 Å². The van der Waals surface area contributed by atoms with E-state index in [9.17, 15) is 4.79 Å². The van der Waals surface area contributed by atoms with Crippen LogP contribution in [0.2, 0.25) is 0 Å². The van der Waals surface area contributed by atoms with Crippen molar-refractivity contribution in [3.05, 3.63) is 135 Å². The van der Waals surface area contributed by atoms with Crippen LogP contribution < -0.4 is 5.32 Å². The van der Waals surface area contributed by atoms with Crippen molar-refractivity contribution in [3.8, 4) is 16.4 Å². The van der Waals surface area contributed by atoms with Crippen LogP contribution in [0.25, 0.3) is 16.4 Å². The van der Waals surface area contributed by atoms with Gasteiger partial charge in [0.05, 0.1) is 22.4 Å². The van der Waals surface area contributed by atoms with Crippen LogP contribution >= 0.6 is 34.4 Å². The Labute approximate surface area is 244 Å². The highest BCUT2D eigenvalue weighted by atomic mass is 32.2. The highest BCUT2D eigenvalue weighted by molar-refractivity contribution is 7.98. The molecule has 0 atom stereocenters. The number of hydrogen-bond donors (Lipinski definition) is 1. The van der Waals surface area contributed by atoms with Crippen molar-refractivity contribution in [2.75, 3.05) is 0 Å².